The first kappa shape index (κ1) is 16.7. The van der Waals surface area contributed by atoms with Crippen LogP contribution in [0.25, 0.3) is 0 Å². The van der Waals surface area contributed by atoms with Gasteiger partial charge in [0.25, 0.3) is 0 Å². The van der Waals surface area contributed by atoms with E-state index in [0.29, 0.717) is 6.54 Å². The van der Waals surface area contributed by atoms with E-state index in [9.17, 15) is 18.3 Å². The van der Waals surface area contributed by atoms with Crippen LogP contribution in [-0.2, 0) is 4.74 Å². The van der Waals surface area contributed by atoms with Gasteiger partial charge in [-0.2, -0.15) is 13.2 Å². The average Bonchev–Trinajstić information content (AvgIpc) is 2.11. The summed E-state index contributed by atoms with van der Waals surface area (Å²) in [5.41, 5.74) is -0.0999. The molecule has 0 saturated carbocycles. The molecule has 0 bridgehead atoms. The topological polar surface area (TPSA) is 41.5 Å². The van der Waals surface area contributed by atoms with Gasteiger partial charge in [-0.1, -0.05) is 0 Å². The summed E-state index contributed by atoms with van der Waals surface area (Å²) in [4.78, 5) is 0. The lowest BCUT2D eigenvalue weighted by molar-refractivity contribution is -0.138. The van der Waals surface area contributed by atoms with Crippen LogP contribution in [0.5, 0.6) is 0 Å². The Morgan fingerprint density at radius 1 is 1.24 bits per heavy atom. The quantitative estimate of drug-likeness (QED) is 0.686. The number of halogens is 3. The number of aliphatic hydroxyl groups excluding tert-OH is 1. The van der Waals surface area contributed by atoms with Crippen molar-refractivity contribution < 1.29 is 23.0 Å². The van der Waals surface area contributed by atoms with Crippen molar-refractivity contribution in [2.75, 3.05) is 19.8 Å². The van der Waals surface area contributed by atoms with Crippen molar-refractivity contribution in [2.24, 2.45) is 0 Å². The van der Waals surface area contributed by atoms with Crippen molar-refractivity contribution in [1.82, 2.24) is 5.32 Å². The molecule has 0 aliphatic carbocycles. The van der Waals surface area contributed by atoms with Crippen molar-refractivity contribution in [3.05, 3.63) is 0 Å². The van der Waals surface area contributed by atoms with Crippen molar-refractivity contribution in [3.63, 3.8) is 0 Å². The normalized spacial score (nSPS) is 15.0. The van der Waals surface area contributed by atoms with Gasteiger partial charge in [0.1, 0.15) is 0 Å². The lowest BCUT2D eigenvalue weighted by Crippen LogP contribution is -2.42. The van der Waals surface area contributed by atoms with Crippen LogP contribution >= 0.6 is 0 Å². The van der Waals surface area contributed by atoms with Gasteiger partial charge < -0.3 is 15.2 Å². The zero-order valence-corrected chi connectivity index (χ0v) is 10.6. The lowest BCUT2D eigenvalue weighted by atomic mass is 10.1. The van der Waals surface area contributed by atoms with Crippen LogP contribution in [-0.4, -0.2) is 42.7 Å². The molecule has 104 valence electrons. The summed E-state index contributed by atoms with van der Waals surface area (Å²) in [6.45, 7) is 6.33. The Labute approximate surface area is 100 Å². The van der Waals surface area contributed by atoms with E-state index in [1.165, 1.54) is 0 Å². The van der Waals surface area contributed by atoms with Crippen molar-refractivity contribution in [2.45, 2.75) is 51.4 Å². The molecule has 0 aromatic heterocycles. The van der Waals surface area contributed by atoms with Gasteiger partial charge in [-0.25, -0.2) is 0 Å². The summed E-state index contributed by atoms with van der Waals surface area (Å²) in [5, 5.41) is 12.5. The maximum absolute atomic E-state index is 11.8. The minimum absolute atomic E-state index is 0.0199. The molecule has 0 spiro atoms. The predicted molar refractivity (Wildman–Crippen MR) is 59.9 cm³/mol. The molecule has 1 unspecified atom stereocenters. The van der Waals surface area contributed by atoms with Crippen LogP contribution < -0.4 is 5.32 Å². The number of alkyl halides is 3. The summed E-state index contributed by atoms with van der Waals surface area (Å²) >= 11 is 0. The Kier molecular flexibility index (Phi) is 7.04. The number of ether oxygens (including phenoxy) is 1. The van der Waals surface area contributed by atoms with Crippen molar-refractivity contribution >= 4 is 0 Å². The minimum Gasteiger partial charge on any atom is -0.389 e. The van der Waals surface area contributed by atoms with Gasteiger partial charge in [0.15, 0.2) is 0 Å². The summed E-state index contributed by atoms with van der Waals surface area (Å²) in [6, 6.07) is 0. The van der Waals surface area contributed by atoms with E-state index in [0.717, 1.165) is 0 Å². The SMILES string of the molecule is CC(C)(C)NCC(O)COCCCC(F)(F)F. The first-order valence-electron chi connectivity index (χ1n) is 5.68. The van der Waals surface area contributed by atoms with E-state index in [-0.39, 0.29) is 25.2 Å². The van der Waals surface area contributed by atoms with Crippen molar-refractivity contribution in [3.8, 4) is 0 Å². The smallest absolute Gasteiger partial charge is 0.389 e. The van der Waals surface area contributed by atoms with Gasteiger partial charge in [0.2, 0.25) is 0 Å². The van der Waals surface area contributed by atoms with Gasteiger partial charge in [0, 0.05) is 25.1 Å². The molecule has 17 heavy (non-hydrogen) atoms. The van der Waals surface area contributed by atoms with Gasteiger partial charge in [-0.3, -0.25) is 0 Å². The van der Waals surface area contributed by atoms with Gasteiger partial charge in [0.05, 0.1) is 12.7 Å². The second-order valence-electron chi connectivity index (χ2n) is 5.08. The van der Waals surface area contributed by atoms with Crippen LogP contribution in [0.2, 0.25) is 0 Å². The molecule has 0 aliphatic rings. The number of nitrogens with one attached hydrogen (secondary N) is 1. The monoisotopic (exact) mass is 257 g/mol. The van der Waals surface area contributed by atoms with Crippen LogP contribution in [0.1, 0.15) is 33.6 Å². The van der Waals surface area contributed by atoms with Gasteiger partial charge in [-0.15, -0.1) is 0 Å². The molecule has 0 heterocycles. The third-order valence-electron chi connectivity index (χ3n) is 1.93. The number of hydrogen-bond donors (Lipinski definition) is 2. The Balaban J connectivity index is 3.43. The highest BCUT2D eigenvalue weighted by Gasteiger charge is 2.25. The minimum atomic E-state index is -4.13. The highest BCUT2D eigenvalue weighted by atomic mass is 19.4. The molecular formula is C11H22F3NO2. The lowest BCUT2D eigenvalue weighted by Gasteiger charge is -2.22. The summed E-state index contributed by atoms with van der Waals surface area (Å²) in [5.74, 6) is 0. The molecule has 6 heteroatoms. The van der Waals surface area contributed by atoms with Gasteiger partial charge >= 0.3 is 6.18 Å². The van der Waals surface area contributed by atoms with Crippen LogP contribution in [0.4, 0.5) is 13.2 Å². The molecule has 2 N–H and O–H groups in total. The molecule has 0 saturated heterocycles. The largest absolute Gasteiger partial charge is 0.389 e. The summed E-state index contributed by atoms with van der Waals surface area (Å²) in [7, 11) is 0. The van der Waals surface area contributed by atoms with E-state index < -0.39 is 18.7 Å². The third kappa shape index (κ3) is 13.6. The number of aliphatic hydroxyl groups is 1. The molecule has 0 amide bonds. The van der Waals surface area contributed by atoms with Gasteiger partial charge in [-0.05, 0) is 27.2 Å². The molecule has 1 atom stereocenters. The second kappa shape index (κ2) is 7.18. The first-order valence-corrected chi connectivity index (χ1v) is 5.68. The zero-order valence-electron chi connectivity index (χ0n) is 10.6. The van der Waals surface area contributed by atoms with E-state index >= 15 is 0 Å². The van der Waals surface area contributed by atoms with Crippen LogP contribution in [0.3, 0.4) is 0 Å². The molecular weight excluding hydrogens is 235 g/mol. The molecule has 0 aromatic rings. The number of rotatable bonds is 7. The third-order valence-corrected chi connectivity index (χ3v) is 1.93. The first-order chi connectivity index (χ1) is 7.60. The maximum Gasteiger partial charge on any atom is 0.389 e. The molecule has 0 radical (unpaired) electrons. The second-order valence-corrected chi connectivity index (χ2v) is 5.08. The molecule has 3 nitrogen and oxygen atoms in total. The van der Waals surface area contributed by atoms with Crippen LogP contribution in [0.15, 0.2) is 0 Å². The summed E-state index contributed by atoms with van der Waals surface area (Å²) in [6.07, 6.45) is -5.73. The molecule has 0 aliphatic heterocycles. The highest BCUT2D eigenvalue weighted by molar-refractivity contribution is 4.72. The molecule has 0 fully saturated rings. The maximum atomic E-state index is 11.8. The molecule has 0 rings (SSSR count). The standard InChI is InChI=1S/C11H22F3NO2/c1-10(2,3)15-7-9(16)8-17-6-4-5-11(12,13)14/h9,15-16H,4-8H2,1-3H3. The Bertz CT molecular complexity index is 202. The van der Waals surface area contributed by atoms with E-state index in [1.54, 1.807) is 0 Å². The summed E-state index contributed by atoms with van der Waals surface area (Å²) < 4.78 is 40.3. The fraction of sp³-hybridized carbons (Fsp3) is 1.00. The average molecular weight is 257 g/mol. The Hall–Kier alpha value is -0.330. The van der Waals surface area contributed by atoms with Crippen molar-refractivity contribution in [1.29, 1.82) is 0 Å². The number of hydrogen-bond acceptors (Lipinski definition) is 3. The number of β-amino-alcohol motifs (C(OH)–C–C–N with tert-alkyl or cyclic N) is 1. The molecule has 0 aromatic carbocycles. The van der Waals surface area contributed by atoms with Crippen LogP contribution in [0, 0.1) is 0 Å². The highest BCUT2D eigenvalue weighted by Crippen LogP contribution is 2.20. The zero-order chi connectivity index (χ0) is 13.5. The fourth-order valence-electron chi connectivity index (χ4n) is 1.08. The Morgan fingerprint density at radius 3 is 2.29 bits per heavy atom. The fourth-order valence-corrected chi connectivity index (χ4v) is 1.08. The predicted octanol–water partition coefficient (Wildman–Crippen LogP) is 2.09. The van der Waals surface area contributed by atoms with E-state index in [2.05, 4.69) is 5.32 Å². The van der Waals surface area contributed by atoms with E-state index in [4.69, 9.17) is 4.74 Å². The van der Waals surface area contributed by atoms with E-state index in [1.807, 2.05) is 20.8 Å². The Morgan fingerprint density at radius 2 is 1.82 bits per heavy atom.